The number of carbonyl (C=O) groups is 2. The van der Waals surface area contributed by atoms with Crippen molar-refractivity contribution in [2.75, 3.05) is 18.2 Å². The van der Waals surface area contributed by atoms with Crippen LogP contribution in [0.15, 0.2) is 11.4 Å². The molecular formula is C13H19NO3S2. The van der Waals surface area contributed by atoms with Crippen molar-refractivity contribution in [2.45, 2.75) is 31.9 Å². The van der Waals surface area contributed by atoms with Gasteiger partial charge in [0, 0.05) is 0 Å². The molecule has 1 amide bonds. The predicted octanol–water partition coefficient (Wildman–Crippen LogP) is 3.40. The van der Waals surface area contributed by atoms with Crippen LogP contribution in [-0.2, 0) is 9.53 Å². The van der Waals surface area contributed by atoms with Crippen LogP contribution in [0.25, 0.3) is 0 Å². The number of rotatable bonds is 7. The number of unbranched alkanes of at least 4 members (excludes halogenated alkanes) is 1. The van der Waals surface area contributed by atoms with Crippen molar-refractivity contribution in [3.05, 3.63) is 16.3 Å². The van der Waals surface area contributed by atoms with Crippen LogP contribution >= 0.6 is 23.1 Å². The number of thiophene rings is 1. The average molecular weight is 301 g/mol. The lowest BCUT2D eigenvalue weighted by Crippen LogP contribution is -2.23. The predicted molar refractivity (Wildman–Crippen MR) is 81.1 cm³/mol. The molecular weight excluding hydrogens is 282 g/mol. The first-order chi connectivity index (χ1) is 9.10. The summed E-state index contributed by atoms with van der Waals surface area (Å²) >= 11 is 2.89. The molecule has 0 aromatic carbocycles. The van der Waals surface area contributed by atoms with Gasteiger partial charge >= 0.3 is 5.97 Å². The first kappa shape index (κ1) is 16.0. The van der Waals surface area contributed by atoms with Crippen LogP contribution in [0.2, 0.25) is 0 Å². The molecule has 19 heavy (non-hydrogen) atoms. The first-order valence-corrected chi connectivity index (χ1v) is 8.11. The molecule has 106 valence electrons. The van der Waals surface area contributed by atoms with Gasteiger partial charge in [-0.15, -0.1) is 23.1 Å². The molecule has 0 fully saturated rings. The van der Waals surface area contributed by atoms with E-state index in [9.17, 15) is 9.59 Å². The van der Waals surface area contributed by atoms with Gasteiger partial charge in [0.2, 0.25) is 5.91 Å². The molecule has 0 saturated carbocycles. The summed E-state index contributed by atoms with van der Waals surface area (Å²) in [6.45, 7) is 4.00. The average Bonchev–Trinajstić information content (AvgIpc) is 2.86. The summed E-state index contributed by atoms with van der Waals surface area (Å²) < 4.78 is 4.67. The molecule has 0 aliphatic carbocycles. The molecule has 1 unspecified atom stereocenters. The third-order valence-corrected chi connectivity index (χ3v) is 4.66. The Morgan fingerprint density at radius 1 is 1.53 bits per heavy atom. The third kappa shape index (κ3) is 4.87. The fraction of sp³-hybridized carbons (Fsp3) is 0.538. The van der Waals surface area contributed by atoms with E-state index in [1.807, 2.05) is 6.92 Å². The summed E-state index contributed by atoms with van der Waals surface area (Å²) in [5, 5.41) is 4.42. The minimum atomic E-state index is -0.420. The van der Waals surface area contributed by atoms with Gasteiger partial charge < -0.3 is 10.1 Å². The van der Waals surface area contributed by atoms with Crippen LogP contribution in [0, 0.1) is 0 Å². The molecule has 0 bridgehead atoms. The van der Waals surface area contributed by atoms with Gasteiger partial charge in [0.15, 0.2) is 0 Å². The third-order valence-electron chi connectivity index (χ3n) is 2.53. The van der Waals surface area contributed by atoms with Crippen LogP contribution in [0.4, 0.5) is 5.69 Å². The summed E-state index contributed by atoms with van der Waals surface area (Å²) in [6.07, 6.45) is 2.23. The Kier molecular flexibility index (Phi) is 6.94. The Hall–Kier alpha value is -1.01. The van der Waals surface area contributed by atoms with Crippen LogP contribution in [0.1, 0.15) is 36.4 Å². The fourth-order valence-corrected chi connectivity index (χ4v) is 3.16. The molecule has 0 aliphatic heterocycles. The lowest BCUT2D eigenvalue weighted by atomic mass is 10.3. The lowest BCUT2D eigenvalue weighted by Gasteiger charge is -2.11. The molecule has 0 saturated heterocycles. The van der Waals surface area contributed by atoms with Crippen molar-refractivity contribution in [2.24, 2.45) is 0 Å². The second-order valence-electron chi connectivity index (χ2n) is 4.01. The van der Waals surface area contributed by atoms with Crippen LogP contribution in [0.3, 0.4) is 0 Å². The smallest absolute Gasteiger partial charge is 0.350 e. The Balaban J connectivity index is 2.57. The lowest BCUT2D eigenvalue weighted by molar-refractivity contribution is -0.115. The van der Waals surface area contributed by atoms with E-state index in [1.165, 1.54) is 18.4 Å². The largest absolute Gasteiger partial charge is 0.465 e. The van der Waals surface area contributed by atoms with Crippen LogP contribution in [0.5, 0.6) is 0 Å². The van der Waals surface area contributed by atoms with Crippen molar-refractivity contribution in [3.8, 4) is 0 Å². The molecule has 1 heterocycles. The molecule has 1 N–H and O–H groups in total. The van der Waals surface area contributed by atoms with E-state index in [4.69, 9.17) is 0 Å². The number of carbonyl (C=O) groups excluding carboxylic acids is 2. The van der Waals surface area contributed by atoms with Gasteiger partial charge in [-0.2, -0.15) is 0 Å². The second-order valence-corrected chi connectivity index (χ2v) is 6.38. The highest BCUT2D eigenvalue weighted by Crippen LogP contribution is 2.24. The first-order valence-electron chi connectivity index (χ1n) is 6.18. The minimum absolute atomic E-state index is 0.0790. The highest BCUT2D eigenvalue weighted by molar-refractivity contribution is 8.00. The van der Waals surface area contributed by atoms with E-state index in [0.29, 0.717) is 10.6 Å². The Morgan fingerprint density at radius 2 is 2.26 bits per heavy atom. The standard InChI is InChI=1S/C13H19NO3S2/c1-4-5-7-18-9(2)12(15)14-10-6-8-19-11(10)13(16)17-3/h6,8-9H,4-5,7H2,1-3H3,(H,14,15). The molecule has 6 heteroatoms. The van der Waals surface area contributed by atoms with E-state index in [2.05, 4.69) is 17.0 Å². The molecule has 0 aliphatic rings. The van der Waals surface area contributed by atoms with Crippen LogP contribution in [-0.4, -0.2) is 30.0 Å². The van der Waals surface area contributed by atoms with Gasteiger partial charge in [0.05, 0.1) is 18.0 Å². The maximum absolute atomic E-state index is 12.0. The summed E-state index contributed by atoms with van der Waals surface area (Å²) in [5.41, 5.74) is 0.532. The summed E-state index contributed by atoms with van der Waals surface area (Å²) in [5.74, 6) is 0.472. The van der Waals surface area contributed by atoms with Gasteiger partial charge in [-0.3, -0.25) is 4.79 Å². The highest BCUT2D eigenvalue weighted by Gasteiger charge is 2.18. The number of thioether (sulfide) groups is 1. The van der Waals surface area contributed by atoms with E-state index in [-0.39, 0.29) is 11.2 Å². The molecule has 0 spiro atoms. The van der Waals surface area contributed by atoms with Crippen molar-refractivity contribution in [1.82, 2.24) is 0 Å². The van der Waals surface area contributed by atoms with Gasteiger partial charge in [0.1, 0.15) is 4.88 Å². The van der Waals surface area contributed by atoms with E-state index in [1.54, 1.807) is 23.2 Å². The minimum Gasteiger partial charge on any atom is -0.465 e. The molecule has 0 radical (unpaired) electrons. The number of methoxy groups -OCH3 is 1. The van der Waals surface area contributed by atoms with E-state index >= 15 is 0 Å². The Bertz CT molecular complexity index is 431. The van der Waals surface area contributed by atoms with Crippen molar-refractivity contribution >= 4 is 40.7 Å². The monoisotopic (exact) mass is 301 g/mol. The molecule has 1 aromatic heterocycles. The van der Waals surface area contributed by atoms with Crippen molar-refractivity contribution < 1.29 is 14.3 Å². The van der Waals surface area contributed by atoms with Gasteiger partial charge in [-0.1, -0.05) is 13.3 Å². The number of hydrogen-bond donors (Lipinski definition) is 1. The van der Waals surface area contributed by atoms with Crippen molar-refractivity contribution in [1.29, 1.82) is 0 Å². The quantitative estimate of drug-likeness (QED) is 0.619. The zero-order chi connectivity index (χ0) is 14.3. The summed E-state index contributed by atoms with van der Waals surface area (Å²) in [7, 11) is 1.33. The number of esters is 1. The molecule has 4 nitrogen and oxygen atoms in total. The number of ether oxygens (including phenoxy) is 1. The summed E-state index contributed by atoms with van der Waals surface area (Å²) in [6, 6.07) is 1.72. The van der Waals surface area contributed by atoms with E-state index < -0.39 is 5.97 Å². The van der Waals surface area contributed by atoms with Crippen LogP contribution < -0.4 is 5.32 Å². The van der Waals surface area contributed by atoms with E-state index in [0.717, 1.165) is 18.6 Å². The van der Waals surface area contributed by atoms with Crippen molar-refractivity contribution in [3.63, 3.8) is 0 Å². The SMILES string of the molecule is CCCCSC(C)C(=O)Nc1ccsc1C(=O)OC. The number of anilines is 1. The fourth-order valence-electron chi connectivity index (χ4n) is 1.37. The molecule has 1 atom stereocenters. The maximum Gasteiger partial charge on any atom is 0.350 e. The highest BCUT2D eigenvalue weighted by atomic mass is 32.2. The second kappa shape index (κ2) is 8.22. The maximum atomic E-state index is 12.0. The summed E-state index contributed by atoms with van der Waals surface area (Å²) in [4.78, 5) is 23.9. The molecule has 1 aromatic rings. The Morgan fingerprint density at radius 3 is 2.89 bits per heavy atom. The topological polar surface area (TPSA) is 55.4 Å². The zero-order valence-electron chi connectivity index (χ0n) is 11.4. The number of nitrogens with one attached hydrogen (secondary N) is 1. The van der Waals surface area contributed by atoms with Gasteiger partial charge in [-0.05, 0) is 30.5 Å². The number of hydrogen-bond acceptors (Lipinski definition) is 5. The Labute approximate surface area is 121 Å². The normalized spacial score (nSPS) is 11.9. The van der Waals surface area contributed by atoms with Gasteiger partial charge in [0.25, 0.3) is 0 Å². The van der Waals surface area contributed by atoms with Gasteiger partial charge in [-0.25, -0.2) is 4.79 Å². The zero-order valence-corrected chi connectivity index (χ0v) is 13.0. The number of amides is 1. The molecule has 1 rings (SSSR count).